The van der Waals surface area contributed by atoms with Crippen LogP contribution in [0.3, 0.4) is 0 Å². The molecule has 0 atom stereocenters. The zero-order chi connectivity index (χ0) is 15.1. The van der Waals surface area contributed by atoms with Gasteiger partial charge in [-0.15, -0.1) is 0 Å². The first-order chi connectivity index (χ1) is 9.45. The van der Waals surface area contributed by atoms with Crippen LogP contribution in [0.15, 0.2) is 18.2 Å². The molecule has 0 fully saturated rings. The molecule has 5 heteroatoms. The fourth-order valence-electron chi connectivity index (χ4n) is 1.66. The van der Waals surface area contributed by atoms with Crippen molar-refractivity contribution in [2.45, 2.75) is 19.8 Å². The van der Waals surface area contributed by atoms with Crippen molar-refractivity contribution in [1.29, 1.82) is 0 Å². The number of hydrogen-bond donors (Lipinski definition) is 1. The van der Waals surface area contributed by atoms with E-state index in [1.807, 2.05) is 0 Å². The van der Waals surface area contributed by atoms with Crippen molar-refractivity contribution in [3.63, 3.8) is 0 Å². The van der Waals surface area contributed by atoms with Crippen molar-refractivity contribution in [2.75, 3.05) is 20.2 Å². The minimum absolute atomic E-state index is 0.00103. The van der Waals surface area contributed by atoms with Gasteiger partial charge in [0.1, 0.15) is 0 Å². The highest BCUT2D eigenvalue weighted by atomic mass is 19.3. The van der Waals surface area contributed by atoms with E-state index in [2.05, 4.69) is 11.8 Å². The number of benzene rings is 1. The third-order valence-electron chi connectivity index (χ3n) is 2.69. The molecule has 0 unspecified atom stereocenters. The number of aliphatic hydroxyl groups is 1. The number of alkyl halides is 2. The summed E-state index contributed by atoms with van der Waals surface area (Å²) in [5, 5.41) is 8.65. The van der Waals surface area contributed by atoms with Crippen molar-refractivity contribution in [1.82, 2.24) is 4.90 Å². The van der Waals surface area contributed by atoms with Gasteiger partial charge >= 0.3 is 0 Å². The molecule has 1 aromatic carbocycles. The molecule has 0 spiro atoms. The standard InChI is InChI=1S/C15H17F2NO2/c1-11-9-13(15(20)18(2)10-14(16)17)7-6-12(11)5-3-4-8-19/h6-7,9,14,19H,4,8,10H2,1-2H3. The predicted octanol–water partition coefficient (Wildman–Crippen LogP) is 2.07. The van der Waals surface area contributed by atoms with Gasteiger partial charge in [-0.05, 0) is 30.7 Å². The number of hydrogen-bond acceptors (Lipinski definition) is 2. The molecule has 108 valence electrons. The molecule has 1 aromatic rings. The van der Waals surface area contributed by atoms with Gasteiger partial charge in [0, 0.05) is 24.6 Å². The van der Waals surface area contributed by atoms with Crippen LogP contribution in [0.25, 0.3) is 0 Å². The number of carbonyl (C=O) groups is 1. The van der Waals surface area contributed by atoms with Crippen LogP contribution in [0.1, 0.15) is 27.9 Å². The number of aryl methyl sites for hydroxylation is 1. The molecule has 3 nitrogen and oxygen atoms in total. The summed E-state index contributed by atoms with van der Waals surface area (Å²) in [6.45, 7) is 1.21. The quantitative estimate of drug-likeness (QED) is 0.858. The normalized spacial score (nSPS) is 10.1. The van der Waals surface area contributed by atoms with Crippen molar-refractivity contribution < 1.29 is 18.7 Å². The Morgan fingerprint density at radius 3 is 2.70 bits per heavy atom. The van der Waals surface area contributed by atoms with Gasteiger partial charge in [-0.3, -0.25) is 4.79 Å². The summed E-state index contributed by atoms with van der Waals surface area (Å²) in [7, 11) is 1.35. The number of nitrogens with zero attached hydrogens (tertiary/aromatic N) is 1. The van der Waals surface area contributed by atoms with Crippen molar-refractivity contribution in [3.05, 3.63) is 34.9 Å². The SMILES string of the molecule is Cc1cc(C(=O)N(C)CC(F)F)ccc1C#CCCO. The highest BCUT2D eigenvalue weighted by Crippen LogP contribution is 2.12. The second kappa shape index (κ2) is 7.61. The van der Waals surface area contributed by atoms with Gasteiger partial charge in [0.15, 0.2) is 0 Å². The van der Waals surface area contributed by atoms with Crippen molar-refractivity contribution >= 4 is 5.91 Å². The first kappa shape index (κ1) is 16.1. The maximum Gasteiger partial charge on any atom is 0.255 e. The van der Waals surface area contributed by atoms with E-state index in [0.717, 1.165) is 16.0 Å². The Morgan fingerprint density at radius 2 is 2.15 bits per heavy atom. The Bertz CT molecular complexity index is 532. The van der Waals surface area contributed by atoms with Crippen LogP contribution in [0.2, 0.25) is 0 Å². The van der Waals surface area contributed by atoms with Gasteiger partial charge in [-0.2, -0.15) is 0 Å². The topological polar surface area (TPSA) is 40.5 Å². The lowest BCUT2D eigenvalue weighted by atomic mass is 10.0. The number of rotatable bonds is 4. The van der Waals surface area contributed by atoms with Gasteiger partial charge in [0.05, 0.1) is 13.2 Å². The Labute approximate surface area is 117 Å². The van der Waals surface area contributed by atoms with Crippen LogP contribution < -0.4 is 0 Å². The highest BCUT2D eigenvalue weighted by Gasteiger charge is 2.16. The minimum atomic E-state index is -2.55. The average Bonchev–Trinajstić information content (AvgIpc) is 2.39. The van der Waals surface area contributed by atoms with Gasteiger partial charge in [0.25, 0.3) is 12.3 Å². The molecule has 0 saturated heterocycles. The van der Waals surface area contributed by atoms with Crippen LogP contribution in [0.4, 0.5) is 8.78 Å². The smallest absolute Gasteiger partial charge is 0.255 e. The first-order valence-corrected chi connectivity index (χ1v) is 6.19. The van der Waals surface area contributed by atoms with Crippen molar-refractivity contribution in [3.8, 4) is 11.8 Å². The van der Waals surface area contributed by atoms with Crippen LogP contribution in [-0.2, 0) is 0 Å². The molecule has 0 aliphatic heterocycles. The summed E-state index contributed by atoms with van der Waals surface area (Å²) in [6.07, 6.45) is -2.16. The molecule has 1 N–H and O–H groups in total. The van der Waals surface area contributed by atoms with E-state index in [-0.39, 0.29) is 6.61 Å². The molecule has 0 aliphatic rings. The van der Waals surface area contributed by atoms with Crippen LogP contribution in [-0.4, -0.2) is 42.5 Å². The molecule has 0 saturated carbocycles. The van der Waals surface area contributed by atoms with E-state index in [4.69, 9.17) is 5.11 Å². The molecule has 1 amide bonds. The largest absolute Gasteiger partial charge is 0.395 e. The molecular formula is C15H17F2NO2. The third-order valence-corrected chi connectivity index (χ3v) is 2.69. The van der Waals surface area contributed by atoms with Crippen molar-refractivity contribution in [2.24, 2.45) is 0 Å². The fraction of sp³-hybridized carbons (Fsp3) is 0.400. The molecule has 0 heterocycles. The number of aliphatic hydroxyl groups excluding tert-OH is 1. The maximum absolute atomic E-state index is 12.2. The molecule has 1 rings (SSSR count). The second-order valence-corrected chi connectivity index (χ2v) is 4.38. The van der Waals surface area contributed by atoms with Gasteiger partial charge in [0.2, 0.25) is 0 Å². The Balaban J connectivity index is 2.87. The predicted molar refractivity (Wildman–Crippen MR) is 72.7 cm³/mol. The molecule has 0 bridgehead atoms. The zero-order valence-corrected chi connectivity index (χ0v) is 11.5. The lowest BCUT2D eigenvalue weighted by molar-refractivity contribution is 0.0620. The summed E-state index contributed by atoms with van der Waals surface area (Å²) in [6, 6.07) is 4.89. The highest BCUT2D eigenvalue weighted by molar-refractivity contribution is 5.94. The lowest BCUT2D eigenvalue weighted by Gasteiger charge is -2.16. The number of halogens is 2. The third kappa shape index (κ3) is 4.63. The zero-order valence-electron chi connectivity index (χ0n) is 11.5. The van der Waals surface area contributed by atoms with Gasteiger partial charge in [-0.1, -0.05) is 11.8 Å². The van der Waals surface area contributed by atoms with Gasteiger partial charge in [-0.25, -0.2) is 8.78 Å². The average molecular weight is 281 g/mol. The lowest BCUT2D eigenvalue weighted by Crippen LogP contribution is -2.31. The van der Waals surface area contributed by atoms with E-state index >= 15 is 0 Å². The van der Waals surface area contributed by atoms with E-state index in [1.165, 1.54) is 7.05 Å². The fourth-order valence-corrected chi connectivity index (χ4v) is 1.66. The number of carbonyl (C=O) groups excluding carboxylic acids is 1. The van der Waals surface area contributed by atoms with Crippen LogP contribution in [0, 0.1) is 18.8 Å². The molecule has 0 aromatic heterocycles. The second-order valence-electron chi connectivity index (χ2n) is 4.38. The van der Waals surface area contributed by atoms with Crippen LogP contribution >= 0.6 is 0 Å². The summed E-state index contributed by atoms with van der Waals surface area (Å²) < 4.78 is 24.5. The monoisotopic (exact) mass is 281 g/mol. The molecule has 0 aliphatic carbocycles. The van der Waals surface area contributed by atoms with Gasteiger partial charge < -0.3 is 10.0 Å². The summed E-state index contributed by atoms with van der Waals surface area (Å²) in [4.78, 5) is 12.9. The molecule has 20 heavy (non-hydrogen) atoms. The Kier molecular flexibility index (Phi) is 6.13. The van der Waals surface area contributed by atoms with E-state index in [1.54, 1.807) is 25.1 Å². The summed E-state index contributed by atoms with van der Waals surface area (Å²) in [5.41, 5.74) is 1.91. The summed E-state index contributed by atoms with van der Waals surface area (Å²) in [5.74, 6) is 5.24. The minimum Gasteiger partial charge on any atom is -0.395 e. The van der Waals surface area contributed by atoms with E-state index in [9.17, 15) is 13.6 Å². The molecule has 0 radical (unpaired) electrons. The maximum atomic E-state index is 12.2. The van der Waals surface area contributed by atoms with E-state index < -0.39 is 18.9 Å². The number of amides is 1. The van der Waals surface area contributed by atoms with Crippen LogP contribution in [0.5, 0.6) is 0 Å². The Morgan fingerprint density at radius 1 is 1.45 bits per heavy atom. The summed E-state index contributed by atoms with van der Waals surface area (Å²) >= 11 is 0. The molecular weight excluding hydrogens is 264 g/mol. The Hall–Kier alpha value is -1.93. The van der Waals surface area contributed by atoms with E-state index in [0.29, 0.717) is 12.0 Å². The first-order valence-electron chi connectivity index (χ1n) is 6.19.